The lowest BCUT2D eigenvalue weighted by Crippen LogP contribution is -1.96. The van der Waals surface area contributed by atoms with Gasteiger partial charge >= 0.3 is 0 Å². The molecule has 4 nitrogen and oxygen atoms in total. The van der Waals surface area contributed by atoms with E-state index < -0.39 is 0 Å². The maximum atomic E-state index is 5.71. The molecule has 72 valence electrons. The molecular formula is C7H3Cl3N4. The SMILES string of the molecule is Cc1nc(Cl)nc2nc(Cl)c(Cl)nc12. The van der Waals surface area contributed by atoms with Gasteiger partial charge in [0.1, 0.15) is 5.52 Å². The van der Waals surface area contributed by atoms with Crippen molar-refractivity contribution in [1.29, 1.82) is 0 Å². The summed E-state index contributed by atoms with van der Waals surface area (Å²) in [5, 5.41) is 0.351. The van der Waals surface area contributed by atoms with Crippen molar-refractivity contribution in [1.82, 2.24) is 19.9 Å². The molecule has 0 saturated carbocycles. The molecule has 0 radical (unpaired) electrons. The van der Waals surface area contributed by atoms with Gasteiger partial charge in [-0.05, 0) is 18.5 Å². The van der Waals surface area contributed by atoms with Gasteiger partial charge in [0.2, 0.25) is 5.28 Å². The molecule has 0 aliphatic heterocycles. The van der Waals surface area contributed by atoms with Crippen molar-refractivity contribution in [3.05, 3.63) is 21.3 Å². The number of halogens is 3. The average molecular weight is 249 g/mol. The Morgan fingerprint density at radius 1 is 0.857 bits per heavy atom. The molecule has 0 aliphatic rings. The highest BCUT2D eigenvalue weighted by molar-refractivity contribution is 6.40. The third kappa shape index (κ3) is 1.61. The highest BCUT2D eigenvalue weighted by atomic mass is 35.5. The van der Waals surface area contributed by atoms with Gasteiger partial charge in [-0.3, -0.25) is 0 Å². The molecule has 0 N–H and O–H groups in total. The first-order chi connectivity index (χ1) is 6.58. The van der Waals surface area contributed by atoms with E-state index in [1.807, 2.05) is 0 Å². The Bertz CT molecular complexity index is 514. The van der Waals surface area contributed by atoms with Gasteiger partial charge < -0.3 is 0 Å². The van der Waals surface area contributed by atoms with E-state index in [9.17, 15) is 0 Å². The number of hydrogen-bond acceptors (Lipinski definition) is 4. The molecule has 0 amide bonds. The fourth-order valence-corrected chi connectivity index (χ4v) is 1.47. The number of fused-ring (bicyclic) bond motifs is 1. The zero-order valence-electron chi connectivity index (χ0n) is 6.92. The van der Waals surface area contributed by atoms with E-state index >= 15 is 0 Å². The second kappa shape index (κ2) is 3.46. The molecule has 2 aromatic rings. The molecular weight excluding hydrogens is 246 g/mol. The number of aromatic nitrogens is 4. The van der Waals surface area contributed by atoms with Crippen molar-refractivity contribution in [3.8, 4) is 0 Å². The fourth-order valence-electron chi connectivity index (χ4n) is 1.01. The molecule has 0 fully saturated rings. The van der Waals surface area contributed by atoms with Gasteiger partial charge in [0.05, 0.1) is 5.69 Å². The molecule has 0 bridgehead atoms. The van der Waals surface area contributed by atoms with Crippen molar-refractivity contribution >= 4 is 46.0 Å². The Balaban J connectivity index is 2.89. The Morgan fingerprint density at radius 3 is 2.21 bits per heavy atom. The van der Waals surface area contributed by atoms with E-state index in [-0.39, 0.29) is 15.6 Å². The molecule has 14 heavy (non-hydrogen) atoms. The number of nitrogens with zero attached hydrogens (tertiary/aromatic N) is 4. The van der Waals surface area contributed by atoms with Crippen molar-refractivity contribution in [2.45, 2.75) is 6.92 Å². The highest BCUT2D eigenvalue weighted by Gasteiger charge is 2.09. The molecule has 0 aliphatic carbocycles. The van der Waals surface area contributed by atoms with E-state index in [4.69, 9.17) is 34.8 Å². The minimum absolute atomic E-state index is 0.105. The standard InChI is InChI=1S/C7H3Cl3N4/c1-2-3-6(14-7(10)11-2)13-5(9)4(8)12-3/h1H3. The molecule has 0 spiro atoms. The van der Waals surface area contributed by atoms with Gasteiger partial charge in [0, 0.05) is 0 Å². The number of aryl methyl sites for hydroxylation is 1. The Hall–Kier alpha value is -0.710. The van der Waals surface area contributed by atoms with E-state index in [2.05, 4.69) is 19.9 Å². The smallest absolute Gasteiger partial charge is 0.224 e. The minimum Gasteiger partial charge on any atom is -0.228 e. The van der Waals surface area contributed by atoms with Crippen LogP contribution in [-0.4, -0.2) is 19.9 Å². The van der Waals surface area contributed by atoms with Crippen LogP contribution in [0, 0.1) is 6.92 Å². The largest absolute Gasteiger partial charge is 0.228 e. The van der Waals surface area contributed by atoms with Crippen LogP contribution in [0.1, 0.15) is 5.69 Å². The summed E-state index contributed by atoms with van der Waals surface area (Å²) in [4.78, 5) is 15.7. The van der Waals surface area contributed by atoms with Crippen molar-refractivity contribution in [3.63, 3.8) is 0 Å². The summed E-state index contributed by atoms with van der Waals surface area (Å²) in [5.74, 6) is 0. The third-order valence-corrected chi connectivity index (χ3v) is 2.39. The lowest BCUT2D eigenvalue weighted by atomic mass is 10.4. The molecule has 2 rings (SSSR count). The second-order valence-corrected chi connectivity index (χ2v) is 3.61. The lowest BCUT2D eigenvalue weighted by molar-refractivity contribution is 1.10. The summed E-state index contributed by atoms with van der Waals surface area (Å²) in [6, 6.07) is 0. The van der Waals surface area contributed by atoms with Gasteiger partial charge in [-0.1, -0.05) is 23.2 Å². The van der Waals surface area contributed by atoms with Crippen LogP contribution < -0.4 is 0 Å². The zero-order valence-corrected chi connectivity index (χ0v) is 9.19. The Morgan fingerprint density at radius 2 is 1.50 bits per heavy atom. The maximum Gasteiger partial charge on any atom is 0.224 e. The van der Waals surface area contributed by atoms with Gasteiger partial charge in [-0.15, -0.1) is 0 Å². The third-order valence-electron chi connectivity index (χ3n) is 1.60. The topological polar surface area (TPSA) is 51.6 Å². The average Bonchev–Trinajstić information content (AvgIpc) is 2.08. The number of rotatable bonds is 0. The quantitative estimate of drug-likeness (QED) is 0.674. The van der Waals surface area contributed by atoms with E-state index in [1.165, 1.54) is 0 Å². The van der Waals surface area contributed by atoms with Crippen LogP contribution >= 0.6 is 34.8 Å². The first-order valence-corrected chi connectivity index (χ1v) is 4.74. The van der Waals surface area contributed by atoms with Crippen molar-refractivity contribution in [2.75, 3.05) is 0 Å². The fraction of sp³-hybridized carbons (Fsp3) is 0.143. The van der Waals surface area contributed by atoms with Crippen LogP contribution in [0.25, 0.3) is 11.2 Å². The van der Waals surface area contributed by atoms with Crippen molar-refractivity contribution in [2.24, 2.45) is 0 Å². The van der Waals surface area contributed by atoms with E-state index in [0.717, 1.165) is 0 Å². The Labute approximate surface area is 94.3 Å². The zero-order chi connectivity index (χ0) is 10.3. The first-order valence-electron chi connectivity index (χ1n) is 3.61. The summed E-state index contributed by atoms with van der Waals surface area (Å²) in [5.41, 5.74) is 1.46. The molecule has 0 aromatic carbocycles. The normalized spacial score (nSPS) is 10.9. The number of hydrogen-bond donors (Lipinski definition) is 0. The maximum absolute atomic E-state index is 5.71. The van der Waals surface area contributed by atoms with Crippen LogP contribution in [0.5, 0.6) is 0 Å². The summed E-state index contributed by atoms with van der Waals surface area (Å²) in [7, 11) is 0. The van der Waals surface area contributed by atoms with E-state index in [0.29, 0.717) is 16.9 Å². The monoisotopic (exact) mass is 248 g/mol. The lowest BCUT2D eigenvalue weighted by Gasteiger charge is -2.01. The molecule has 2 heterocycles. The second-order valence-electron chi connectivity index (χ2n) is 2.56. The molecule has 0 saturated heterocycles. The molecule has 0 atom stereocenters. The highest BCUT2D eigenvalue weighted by Crippen LogP contribution is 2.21. The van der Waals surface area contributed by atoms with Crippen LogP contribution in [0.3, 0.4) is 0 Å². The van der Waals surface area contributed by atoms with Gasteiger partial charge in [-0.25, -0.2) is 15.0 Å². The van der Waals surface area contributed by atoms with Crippen LogP contribution in [-0.2, 0) is 0 Å². The van der Waals surface area contributed by atoms with Gasteiger partial charge in [0.15, 0.2) is 16.0 Å². The van der Waals surface area contributed by atoms with Crippen molar-refractivity contribution < 1.29 is 0 Å². The van der Waals surface area contributed by atoms with E-state index in [1.54, 1.807) is 6.92 Å². The predicted octanol–water partition coefficient (Wildman–Crippen LogP) is 2.69. The Kier molecular flexibility index (Phi) is 2.43. The molecule has 2 aromatic heterocycles. The van der Waals surface area contributed by atoms with Crippen LogP contribution in [0.15, 0.2) is 0 Å². The summed E-state index contributed by atoms with van der Waals surface area (Å²) < 4.78 is 0. The summed E-state index contributed by atoms with van der Waals surface area (Å²) >= 11 is 17.0. The van der Waals surface area contributed by atoms with Gasteiger partial charge in [0.25, 0.3) is 0 Å². The summed E-state index contributed by atoms with van der Waals surface area (Å²) in [6.45, 7) is 1.74. The molecule has 7 heteroatoms. The van der Waals surface area contributed by atoms with Gasteiger partial charge in [-0.2, -0.15) is 4.98 Å². The van der Waals surface area contributed by atoms with Crippen LogP contribution in [0.4, 0.5) is 0 Å². The molecule has 0 unspecified atom stereocenters. The van der Waals surface area contributed by atoms with Crippen LogP contribution in [0.2, 0.25) is 15.6 Å². The summed E-state index contributed by atoms with van der Waals surface area (Å²) in [6.07, 6.45) is 0. The minimum atomic E-state index is 0.105. The predicted molar refractivity (Wildman–Crippen MR) is 54.9 cm³/mol. The first kappa shape index (κ1) is 9.83.